The van der Waals surface area contributed by atoms with Crippen LogP contribution in [0.5, 0.6) is 5.75 Å². The van der Waals surface area contributed by atoms with E-state index in [1.807, 2.05) is 24.3 Å². The fourth-order valence-corrected chi connectivity index (χ4v) is 6.55. The van der Waals surface area contributed by atoms with Crippen molar-refractivity contribution in [2.45, 2.75) is 24.5 Å². The average molecular weight is 419 g/mol. The highest BCUT2D eigenvalue weighted by Gasteiger charge is 2.46. The van der Waals surface area contributed by atoms with Gasteiger partial charge in [0.25, 0.3) is 5.91 Å². The van der Waals surface area contributed by atoms with Crippen LogP contribution >= 0.6 is 0 Å². The Morgan fingerprint density at radius 2 is 1.97 bits per heavy atom. The molecule has 2 aliphatic rings. The lowest BCUT2D eigenvalue weighted by atomic mass is 10.0. The number of fused-ring (bicyclic) bond motifs is 1. The minimum Gasteiger partial charge on any atom is -0.497 e. The average Bonchev–Trinajstić information content (AvgIpc) is 3.27. The topological polar surface area (TPSA) is 95.6 Å². The number of likely N-dealkylation sites (tertiary alicyclic amines) is 1. The molecule has 0 spiro atoms. The number of rotatable bonds is 5. The van der Waals surface area contributed by atoms with Crippen LogP contribution in [0.2, 0.25) is 0 Å². The third kappa shape index (κ3) is 4.02. The molecule has 0 aliphatic carbocycles. The van der Waals surface area contributed by atoms with Crippen LogP contribution in [0.25, 0.3) is 0 Å². The molecule has 0 saturated carbocycles. The predicted octanol–water partition coefficient (Wildman–Crippen LogP) is 1.53. The van der Waals surface area contributed by atoms with Crippen LogP contribution in [-0.4, -0.2) is 72.3 Å². The van der Waals surface area contributed by atoms with Gasteiger partial charge in [-0.3, -0.25) is 9.89 Å². The standard InChI is InChI=1S/C20H26N4O4S/c1-28-17-4-2-15(3-5-17)7-13-24-14-16-8-11-23(12-9-19(16)29(24,26)27)20(25)18-6-10-21-22-18/h2-6,10,16,19H,7-9,11-14H2,1H3,(H,21,22)/t16-,19-/m1/s1. The number of nitrogens with one attached hydrogen (secondary N) is 1. The van der Waals surface area contributed by atoms with Gasteiger partial charge >= 0.3 is 0 Å². The highest BCUT2D eigenvalue weighted by atomic mass is 32.2. The van der Waals surface area contributed by atoms with Crippen molar-refractivity contribution >= 4 is 15.9 Å². The molecule has 156 valence electrons. The van der Waals surface area contributed by atoms with Crippen molar-refractivity contribution in [3.05, 3.63) is 47.8 Å². The Balaban J connectivity index is 1.38. The first kappa shape index (κ1) is 19.9. The maximum absolute atomic E-state index is 13.1. The van der Waals surface area contributed by atoms with E-state index in [4.69, 9.17) is 4.74 Å². The van der Waals surface area contributed by atoms with Crippen LogP contribution in [0.1, 0.15) is 28.9 Å². The number of aromatic nitrogens is 2. The van der Waals surface area contributed by atoms with Crippen LogP contribution in [0, 0.1) is 5.92 Å². The Kier molecular flexibility index (Phi) is 5.60. The summed E-state index contributed by atoms with van der Waals surface area (Å²) in [4.78, 5) is 14.3. The van der Waals surface area contributed by atoms with E-state index in [1.54, 1.807) is 28.6 Å². The molecule has 2 fully saturated rings. The molecular weight excluding hydrogens is 392 g/mol. The maximum atomic E-state index is 13.1. The summed E-state index contributed by atoms with van der Waals surface area (Å²) in [7, 11) is -1.72. The van der Waals surface area contributed by atoms with Gasteiger partial charge in [-0.25, -0.2) is 12.7 Å². The quantitative estimate of drug-likeness (QED) is 0.794. The van der Waals surface area contributed by atoms with E-state index < -0.39 is 15.3 Å². The van der Waals surface area contributed by atoms with Gasteiger partial charge in [-0.05, 0) is 48.9 Å². The van der Waals surface area contributed by atoms with E-state index in [0.717, 1.165) is 11.3 Å². The van der Waals surface area contributed by atoms with Gasteiger partial charge in [0.05, 0.1) is 12.4 Å². The van der Waals surface area contributed by atoms with E-state index in [9.17, 15) is 13.2 Å². The summed E-state index contributed by atoms with van der Waals surface area (Å²) in [5, 5.41) is 6.11. The zero-order chi connectivity index (χ0) is 20.4. The number of ether oxygens (including phenoxy) is 1. The zero-order valence-corrected chi connectivity index (χ0v) is 17.3. The predicted molar refractivity (Wildman–Crippen MR) is 108 cm³/mol. The van der Waals surface area contributed by atoms with Crippen molar-refractivity contribution < 1.29 is 17.9 Å². The van der Waals surface area contributed by atoms with Gasteiger partial charge in [-0.15, -0.1) is 0 Å². The van der Waals surface area contributed by atoms with Crippen molar-refractivity contribution in [3.63, 3.8) is 0 Å². The van der Waals surface area contributed by atoms with E-state index in [0.29, 0.717) is 51.1 Å². The Bertz CT molecular complexity index is 943. The van der Waals surface area contributed by atoms with Gasteiger partial charge in [0.2, 0.25) is 10.0 Å². The number of carbonyl (C=O) groups excluding carboxylic acids is 1. The van der Waals surface area contributed by atoms with Crippen molar-refractivity contribution in [1.82, 2.24) is 19.4 Å². The molecule has 9 heteroatoms. The van der Waals surface area contributed by atoms with Crippen LogP contribution < -0.4 is 4.74 Å². The van der Waals surface area contributed by atoms with Crippen LogP contribution in [-0.2, 0) is 16.4 Å². The summed E-state index contributed by atoms with van der Waals surface area (Å²) >= 11 is 0. The maximum Gasteiger partial charge on any atom is 0.271 e. The third-order valence-electron chi connectivity index (χ3n) is 5.99. The Hall–Kier alpha value is -2.39. The molecule has 0 bridgehead atoms. The van der Waals surface area contributed by atoms with E-state index >= 15 is 0 Å². The number of carbonyl (C=O) groups is 1. The van der Waals surface area contributed by atoms with Crippen molar-refractivity contribution in [2.24, 2.45) is 5.92 Å². The van der Waals surface area contributed by atoms with Crippen molar-refractivity contribution in [1.29, 1.82) is 0 Å². The lowest BCUT2D eigenvalue weighted by Gasteiger charge is -2.21. The fourth-order valence-electron chi connectivity index (χ4n) is 4.31. The molecular formula is C20H26N4O4S. The summed E-state index contributed by atoms with van der Waals surface area (Å²) in [6.45, 7) is 2.04. The number of methoxy groups -OCH3 is 1. The molecule has 2 aliphatic heterocycles. The number of amides is 1. The number of nitrogens with zero attached hydrogens (tertiary/aromatic N) is 3. The van der Waals surface area contributed by atoms with Crippen molar-refractivity contribution in [3.8, 4) is 5.75 Å². The molecule has 0 radical (unpaired) electrons. The lowest BCUT2D eigenvalue weighted by Crippen LogP contribution is -2.35. The third-order valence-corrected chi connectivity index (χ3v) is 8.42. The molecule has 1 aromatic carbocycles. The second kappa shape index (κ2) is 8.16. The summed E-state index contributed by atoms with van der Waals surface area (Å²) in [5.41, 5.74) is 1.53. The van der Waals surface area contributed by atoms with Crippen LogP contribution in [0.3, 0.4) is 0 Å². The molecule has 3 heterocycles. The van der Waals surface area contributed by atoms with Gasteiger partial charge in [0, 0.05) is 32.4 Å². The second-order valence-electron chi connectivity index (χ2n) is 7.64. The smallest absolute Gasteiger partial charge is 0.271 e. The number of aromatic amines is 1. The highest BCUT2D eigenvalue weighted by molar-refractivity contribution is 7.90. The van der Waals surface area contributed by atoms with E-state index in [1.165, 1.54) is 0 Å². The largest absolute Gasteiger partial charge is 0.497 e. The van der Waals surface area contributed by atoms with Gasteiger partial charge in [-0.1, -0.05) is 12.1 Å². The SMILES string of the molecule is COc1ccc(CCN2C[C@H]3CCN(C(=O)c4ccn[nH]4)CC[C@H]3S2(=O)=O)cc1. The summed E-state index contributed by atoms with van der Waals surface area (Å²) in [6, 6.07) is 9.37. The molecule has 2 atom stereocenters. The molecule has 2 aromatic rings. The Morgan fingerprint density at radius 1 is 1.21 bits per heavy atom. The first-order chi connectivity index (χ1) is 14.0. The molecule has 1 N–H and O–H groups in total. The molecule has 0 unspecified atom stereocenters. The first-order valence-corrected chi connectivity index (χ1v) is 11.4. The first-order valence-electron chi connectivity index (χ1n) is 9.89. The summed E-state index contributed by atoms with van der Waals surface area (Å²) in [6.07, 6.45) is 3.40. The van der Waals surface area contributed by atoms with Gasteiger partial charge in [0.15, 0.2) is 0 Å². The number of hydrogen-bond donors (Lipinski definition) is 1. The normalized spacial score (nSPS) is 24.1. The zero-order valence-electron chi connectivity index (χ0n) is 16.5. The van der Waals surface area contributed by atoms with Gasteiger partial charge in [-0.2, -0.15) is 5.10 Å². The van der Waals surface area contributed by atoms with Crippen LogP contribution in [0.15, 0.2) is 36.5 Å². The van der Waals surface area contributed by atoms with E-state index in [-0.39, 0.29) is 11.8 Å². The van der Waals surface area contributed by atoms with E-state index in [2.05, 4.69) is 10.2 Å². The second-order valence-corrected chi connectivity index (χ2v) is 9.79. The Labute approximate surface area is 170 Å². The Morgan fingerprint density at radius 3 is 2.66 bits per heavy atom. The number of sulfonamides is 1. The van der Waals surface area contributed by atoms with Gasteiger partial charge in [0.1, 0.15) is 11.4 Å². The molecule has 1 aromatic heterocycles. The van der Waals surface area contributed by atoms with Gasteiger partial charge < -0.3 is 9.64 Å². The molecule has 8 nitrogen and oxygen atoms in total. The lowest BCUT2D eigenvalue weighted by molar-refractivity contribution is 0.0753. The number of hydrogen-bond acceptors (Lipinski definition) is 5. The number of H-pyrrole nitrogens is 1. The fraction of sp³-hybridized carbons (Fsp3) is 0.500. The molecule has 29 heavy (non-hydrogen) atoms. The molecule has 1 amide bonds. The minimum atomic E-state index is -3.35. The monoisotopic (exact) mass is 418 g/mol. The molecule has 4 rings (SSSR count). The summed E-state index contributed by atoms with van der Waals surface area (Å²) in [5.74, 6) is 0.741. The summed E-state index contributed by atoms with van der Waals surface area (Å²) < 4.78 is 33.0. The molecule has 2 saturated heterocycles. The van der Waals surface area contributed by atoms with Crippen LogP contribution in [0.4, 0.5) is 0 Å². The van der Waals surface area contributed by atoms with Crippen molar-refractivity contribution in [2.75, 3.05) is 33.3 Å². The number of benzene rings is 1. The highest BCUT2D eigenvalue weighted by Crippen LogP contribution is 2.34. The minimum absolute atomic E-state index is 0.0652.